The number of anilines is 1. The Balaban J connectivity index is 2.70. The Kier molecular flexibility index (Phi) is 3.93. The molecule has 0 aliphatic rings. The van der Waals surface area contributed by atoms with E-state index in [1.165, 1.54) is 18.2 Å². The van der Waals surface area contributed by atoms with Crippen LogP contribution in [0.2, 0.25) is 0 Å². The molecule has 5 heteroatoms. The molecule has 0 radical (unpaired) electrons. The van der Waals surface area contributed by atoms with Crippen LogP contribution in [0.25, 0.3) is 0 Å². The first-order valence-electron chi connectivity index (χ1n) is 4.51. The molecule has 0 bridgehead atoms. The lowest BCUT2D eigenvalue weighted by atomic mass is 10.2. The number of benzene rings is 1. The molecule has 1 aromatic rings. The molecule has 0 saturated carbocycles. The average Bonchev–Trinajstić information content (AvgIpc) is 2.20. The number of carboxylic acid groups (broad SMARTS) is 1. The third-order valence-corrected chi connectivity index (χ3v) is 1.82. The predicted molar refractivity (Wildman–Crippen MR) is 55.0 cm³/mol. The largest absolute Gasteiger partial charge is 0.491 e. The molecule has 0 aromatic heterocycles. The number of rotatable bonds is 5. The van der Waals surface area contributed by atoms with Crippen LogP contribution in [-0.2, 0) is 0 Å². The summed E-state index contributed by atoms with van der Waals surface area (Å²) in [6.07, 6.45) is 0.514. The molecule has 0 unspecified atom stereocenters. The van der Waals surface area contributed by atoms with Gasteiger partial charge in [0.05, 0.1) is 17.9 Å². The molecule has 1 rings (SSSR count). The van der Waals surface area contributed by atoms with E-state index in [0.717, 1.165) is 0 Å². The van der Waals surface area contributed by atoms with Crippen molar-refractivity contribution in [3.63, 3.8) is 0 Å². The van der Waals surface area contributed by atoms with Gasteiger partial charge in [-0.25, -0.2) is 4.79 Å². The number of nitrogens with two attached hydrogens (primary N) is 1. The molecule has 0 spiro atoms. The fourth-order valence-electron chi connectivity index (χ4n) is 1.06. The monoisotopic (exact) mass is 211 g/mol. The van der Waals surface area contributed by atoms with E-state index >= 15 is 0 Å². The molecule has 0 aliphatic heterocycles. The summed E-state index contributed by atoms with van der Waals surface area (Å²) in [6.45, 7) is 0.403. The van der Waals surface area contributed by atoms with Crippen LogP contribution >= 0.6 is 0 Å². The van der Waals surface area contributed by atoms with Crippen molar-refractivity contribution < 1.29 is 19.7 Å². The number of hydrogen-bond donors (Lipinski definition) is 3. The first-order chi connectivity index (χ1) is 7.15. The zero-order chi connectivity index (χ0) is 11.3. The number of carbonyl (C=O) groups is 1. The third-order valence-electron chi connectivity index (χ3n) is 1.82. The van der Waals surface area contributed by atoms with Gasteiger partial charge in [0.25, 0.3) is 0 Å². The molecule has 0 amide bonds. The van der Waals surface area contributed by atoms with E-state index in [-0.39, 0.29) is 17.9 Å². The Labute approximate surface area is 87.1 Å². The molecular formula is C10H13NO4. The summed E-state index contributed by atoms with van der Waals surface area (Å²) < 4.78 is 5.23. The van der Waals surface area contributed by atoms with Crippen LogP contribution in [0.3, 0.4) is 0 Å². The number of hydrogen-bond acceptors (Lipinski definition) is 4. The fourth-order valence-corrected chi connectivity index (χ4v) is 1.06. The molecule has 0 aliphatic carbocycles. The van der Waals surface area contributed by atoms with Gasteiger partial charge in [-0.2, -0.15) is 0 Å². The molecular weight excluding hydrogens is 198 g/mol. The maximum atomic E-state index is 10.6. The van der Waals surface area contributed by atoms with Crippen molar-refractivity contribution in [2.24, 2.45) is 0 Å². The summed E-state index contributed by atoms with van der Waals surface area (Å²) in [5, 5.41) is 17.2. The summed E-state index contributed by atoms with van der Waals surface area (Å²) in [5.41, 5.74) is 6.00. The molecule has 5 nitrogen and oxygen atoms in total. The van der Waals surface area contributed by atoms with Crippen LogP contribution in [0.4, 0.5) is 5.69 Å². The van der Waals surface area contributed by atoms with Crippen molar-refractivity contribution in [1.82, 2.24) is 0 Å². The Hall–Kier alpha value is -1.75. The van der Waals surface area contributed by atoms with E-state index in [4.69, 9.17) is 20.7 Å². The highest BCUT2D eigenvalue weighted by Crippen LogP contribution is 2.22. The van der Waals surface area contributed by atoms with E-state index in [2.05, 4.69) is 0 Å². The zero-order valence-electron chi connectivity index (χ0n) is 8.14. The minimum absolute atomic E-state index is 0.0487. The second-order valence-corrected chi connectivity index (χ2v) is 2.98. The van der Waals surface area contributed by atoms with E-state index in [9.17, 15) is 4.79 Å². The lowest BCUT2D eigenvalue weighted by Crippen LogP contribution is -2.04. The Morgan fingerprint density at radius 3 is 2.73 bits per heavy atom. The van der Waals surface area contributed by atoms with Crippen LogP contribution in [0, 0.1) is 0 Å². The smallest absolute Gasteiger partial charge is 0.335 e. The quantitative estimate of drug-likeness (QED) is 0.493. The highest BCUT2D eigenvalue weighted by Gasteiger charge is 2.06. The minimum atomic E-state index is -1.02. The lowest BCUT2D eigenvalue weighted by Gasteiger charge is -2.08. The van der Waals surface area contributed by atoms with E-state index in [1.807, 2.05) is 0 Å². The number of aromatic carboxylic acids is 1. The van der Waals surface area contributed by atoms with Gasteiger partial charge < -0.3 is 20.7 Å². The van der Waals surface area contributed by atoms with Gasteiger partial charge in [-0.1, -0.05) is 0 Å². The molecule has 82 valence electrons. The first-order valence-corrected chi connectivity index (χ1v) is 4.51. The van der Waals surface area contributed by atoms with E-state index in [0.29, 0.717) is 18.8 Å². The number of carboxylic acids is 1. The van der Waals surface area contributed by atoms with Crippen LogP contribution < -0.4 is 10.5 Å². The fraction of sp³-hybridized carbons (Fsp3) is 0.300. The van der Waals surface area contributed by atoms with Crippen LogP contribution in [0.15, 0.2) is 18.2 Å². The summed E-state index contributed by atoms with van der Waals surface area (Å²) in [4.78, 5) is 10.6. The summed E-state index contributed by atoms with van der Waals surface area (Å²) in [5.74, 6) is -0.586. The summed E-state index contributed by atoms with van der Waals surface area (Å²) in [6, 6.07) is 4.28. The van der Waals surface area contributed by atoms with Gasteiger partial charge in [0.1, 0.15) is 5.75 Å². The van der Waals surface area contributed by atoms with Gasteiger partial charge in [0.15, 0.2) is 0 Å². The molecule has 0 heterocycles. The number of ether oxygens (including phenoxy) is 1. The van der Waals surface area contributed by atoms with Crippen molar-refractivity contribution in [2.75, 3.05) is 18.9 Å². The summed E-state index contributed by atoms with van der Waals surface area (Å²) >= 11 is 0. The Morgan fingerprint density at radius 1 is 1.47 bits per heavy atom. The second-order valence-electron chi connectivity index (χ2n) is 2.98. The van der Waals surface area contributed by atoms with Crippen LogP contribution in [-0.4, -0.2) is 29.4 Å². The molecule has 0 fully saturated rings. The SMILES string of the molecule is Nc1cc(C(=O)O)ccc1OCCCO. The standard InChI is InChI=1S/C10H13NO4/c11-8-6-7(10(13)14)2-3-9(8)15-5-1-4-12/h2-3,6,12H,1,4-5,11H2,(H,13,14). The van der Waals surface area contributed by atoms with E-state index < -0.39 is 5.97 Å². The second kappa shape index (κ2) is 5.21. The predicted octanol–water partition coefficient (Wildman–Crippen LogP) is 0.728. The van der Waals surface area contributed by atoms with Crippen molar-refractivity contribution >= 4 is 11.7 Å². The van der Waals surface area contributed by atoms with Crippen molar-refractivity contribution in [2.45, 2.75) is 6.42 Å². The average molecular weight is 211 g/mol. The maximum absolute atomic E-state index is 10.6. The molecule has 15 heavy (non-hydrogen) atoms. The molecule has 0 saturated heterocycles. The van der Waals surface area contributed by atoms with Gasteiger partial charge in [0.2, 0.25) is 0 Å². The molecule has 0 atom stereocenters. The molecule has 1 aromatic carbocycles. The minimum Gasteiger partial charge on any atom is -0.491 e. The van der Waals surface area contributed by atoms with Gasteiger partial charge in [-0.15, -0.1) is 0 Å². The Morgan fingerprint density at radius 2 is 2.20 bits per heavy atom. The highest BCUT2D eigenvalue weighted by molar-refractivity contribution is 5.89. The number of aliphatic hydroxyl groups is 1. The van der Waals surface area contributed by atoms with E-state index in [1.54, 1.807) is 0 Å². The number of aliphatic hydroxyl groups excluding tert-OH is 1. The maximum Gasteiger partial charge on any atom is 0.335 e. The normalized spacial score (nSPS) is 9.93. The van der Waals surface area contributed by atoms with Gasteiger partial charge >= 0.3 is 5.97 Å². The first kappa shape index (κ1) is 11.3. The summed E-state index contributed by atoms with van der Waals surface area (Å²) in [7, 11) is 0. The Bertz CT molecular complexity index is 351. The van der Waals surface area contributed by atoms with Gasteiger partial charge in [-0.05, 0) is 18.2 Å². The van der Waals surface area contributed by atoms with Gasteiger partial charge in [0, 0.05) is 13.0 Å². The van der Waals surface area contributed by atoms with Crippen molar-refractivity contribution in [3.05, 3.63) is 23.8 Å². The van der Waals surface area contributed by atoms with Crippen LogP contribution in [0.1, 0.15) is 16.8 Å². The van der Waals surface area contributed by atoms with Crippen molar-refractivity contribution in [1.29, 1.82) is 0 Å². The molecule has 4 N–H and O–H groups in total. The van der Waals surface area contributed by atoms with Crippen molar-refractivity contribution in [3.8, 4) is 5.75 Å². The van der Waals surface area contributed by atoms with Gasteiger partial charge in [-0.3, -0.25) is 0 Å². The zero-order valence-corrected chi connectivity index (χ0v) is 8.14. The van der Waals surface area contributed by atoms with Crippen LogP contribution in [0.5, 0.6) is 5.75 Å². The lowest BCUT2D eigenvalue weighted by molar-refractivity contribution is 0.0697. The topological polar surface area (TPSA) is 92.8 Å². The number of nitrogen functional groups attached to an aromatic ring is 1. The highest BCUT2D eigenvalue weighted by atomic mass is 16.5. The third kappa shape index (κ3) is 3.14.